The summed E-state index contributed by atoms with van der Waals surface area (Å²) in [4.78, 5) is 75.8. The fraction of sp³-hybridized carbons (Fsp3) is 0.500. The zero-order valence-corrected chi connectivity index (χ0v) is 21.9. The van der Waals surface area contributed by atoms with Crippen molar-refractivity contribution in [3.05, 3.63) is 41.5 Å². The third kappa shape index (κ3) is 6.97. The summed E-state index contributed by atoms with van der Waals surface area (Å²) in [6, 6.07) is 4.18. The van der Waals surface area contributed by atoms with Crippen LogP contribution in [0.25, 0.3) is 0 Å². The van der Waals surface area contributed by atoms with Crippen molar-refractivity contribution in [1.29, 1.82) is 0 Å². The van der Waals surface area contributed by atoms with E-state index >= 15 is 0 Å². The van der Waals surface area contributed by atoms with Gasteiger partial charge in [-0.2, -0.15) is 0 Å². The third-order valence-electron chi connectivity index (χ3n) is 7.40. The molecule has 39 heavy (non-hydrogen) atoms. The molecule has 11 nitrogen and oxygen atoms in total. The second kappa shape index (κ2) is 13.3. The van der Waals surface area contributed by atoms with E-state index in [1.165, 1.54) is 6.08 Å². The summed E-state index contributed by atoms with van der Waals surface area (Å²) in [5.41, 5.74) is 1.03. The van der Waals surface area contributed by atoms with Crippen LogP contribution in [0.15, 0.2) is 30.4 Å². The SMILES string of the molecule is O=C/C=C/CN1CCC(NC(=O)CCCCCNc2cccc3c2C(=O)N(C2CCC(=O)NC2=O)C3=O)CC1. The number of hydrogen-bond donors (Lipinski definition) is 3. The maximum atomic E-state index is 13.1. The van der Waals surface area contributed by atoms with E-state index in [0.29, 0.717) is 18.7 Å². The van der Waals surface area contributed by atoms with Gasteiger partial charge in [0.2, 0.25) is 17.7 Å². The number of likely N-dealkylation sites (tertiary alicyclic amines) is 1. The van der Waals surface area contributed by atoms with E-state index in [0.717, 1.165) is 62.9 Å². The number of hydrogen-bond acceptors (Lipinski definition) is 8. The number of fused-ring (bicyclic) bond motifs is 1. The van der Waals surface area contributed by atoms with Crippen LogP contribution in [0.4, 0.5) is 5.69 Å². The van der Waals surface area contributed by atoms with Crippen molar-refractivity contribution < 1.29 is 28.8 Å². The maximum absolute atomic E-state index is 13.1. The number of imide groups is 2. The molecule has 1 unspecified atom stereocenters. The minimum Gasteiger partial charge on any atom is -0.384 e. The quantitative estimate of drug-likeness (QED) is 0.157. The molecule has 0 radical (unpaired) electrons. The molecule has 0 aliphatic carbocycles. The van der Waals surface area contributed by atoms with Crippen molar-refractivity contribution in [2.75, 3.05) is 31.5 Å². The van der Waals surface area contributed by atoms with Gasteiger partial charge in [0.05, 0.1) is 11.1 Å². The summed E-state index contributed by atoms with van der Waals surface area (Å²) in [7, 11) is 0. The number of unbranched alkanes of at least 4 members (excludes halogenated alkanes) is 2. The van der Waals surface area contributed by atoms with Crippen LogP contribution in [0.3, 0.4) is 0 Å². The van der Waals surface area contributed by atoms with Gasteiger partial charge in [0, 0.05) is 50.7 Å². The molecule has 0 bridgehead atoms. The van der Waals surface area contributed by atoms with Crippen LogP contribution in [0.5, 0.6) is 0 Å². The Morgan fingerprint density at radius 3 is 2.56 bits per heavy atom. The number of amides is 5. The van der Waals surface area contributed by atoms with Crippen molar-refractivity contribution in [2.45, 2.75) is 63.5 Å². The van der Waals surface area contributed by atoms with Gasteiger partial charge in [-0.05, 0) is 50.3 Å². The molecule has 4 rings (SSSR count). The number of nitrogens with zero attached hydrogens (tertiary/aromatic N) is 2. The highest BCUT2D eigenvalue weighted by Crippen LogP contribution is 2.32. The smallest absolute Gasteiger partial charge is 0.264 e. The Balaban J connectivity index is 1.17. The molecule has 0 spiro atoms. The van der Waals surface area contributed by atoms with Crippen molar-refractivity contribution in [3.8, 4) is 0 Å². The van der Waals surface area contributed by atoms with Gasteiger partial charge in [0.25, 0.3) is 11.8 Å². The summed E-state index contributed by atoms with van der Waals surface area (Å²) >= 11 is 0. The highest BCUT2D eigenvalue weighted by atomic mass is 16.2. The number of allylic oxidation sites excluding steroid dienone is 1. The van der Waals surface area contributed by atoms with Gasteiger partial charge in [0.15, 0.2) is 0 Å². The van der Waals surface area contributed by atoms with Gasteiger partial charge in [0.1, 0.15) is 12.3 Å². The van der Waals surface area contributed by atoms with Gasteiger partial charge in [-0.15, -0.1) is 0 Å². The number of aldehydes is 1. The molecule has 208 valence electrons. The van der Waals surface area contributed by atoms with Crippen molar-refractivity contribution >= 4 is 41.5 Å². The molecule has 0 saturated carbocycles. The van der Waals surface area contributed by atoms with E-state index in [2.05, 4.69) is 20.9 Å². The molecule has 2 fully saturated rings. The Bertz CT molecular complexity index is 1160. The predicted octanol–water partition coefficient (Wildman–Crippen LogP) is 1.40. The van der Waals surface area contributed by atoms with Gasteiger partial charge < -0.3 is 10.6 Å². The molecule has 2 saturated heterocycles. The molecule has 1 atom stereocenters. The van der Waals surface area contributed by atoms with E-state index in [4.69, 9.17) is 0 Å². The maximum Gasteiger partial charge on any atom is 0.264 e. The first-order chi connectivity index (χ1) is 18.9. The van der Waals surface area contributed by atoms with Crippen LogP contribution in [-0.4, -0.2) is 83.9 Å². The standard InChI is InChI=1S/C28H35N5O6/c34-18-5-4-15-32-16-12-19(13-17-32)30-23(35)9-2-1-3-14-29-21-8-6-7-20-25(21)28(39)33(27(20)38)22-10-11-24(36)31-26(22)37/h4-8,18-19,22,29H,1-3,9-17H2,(H,30,35)(H,31,36,37)/b5-4+. The third-order valence-corrected chi connectivity index (χ3v) is 7.40. The average molecular weight is 538 g/mol. The van der Waals surface area contributed by atoms with Crippen molar-refractivity contribution in [3.63, 3.8) is 0 Å². The zero-order valence-electron chi connectivity index (χ0n) is 21.9. The molecule has 11 heteroatoms. The Hall–Kier alpha value is -3.86. The first-order valence-electron chi connectivity index (χ1n) is 13.6. The zero-order chi connectivity index (χ0) is 27.8. The van der Waals surface area contributed by atoms with Gasteiger partial charge in [-0.3, -0.25) is 43.9 Å². The Labute approximate surface area is 227 Å². The minimum absolute atomic E-state index is 0.0563. The van der Waals surface area contributed by atoms with Gasteiger partial charge in [-0.25, -0.2) is 0 Å². The molecule has 0 aromatic heterocycles. The Kier molecular flexibility index (Phi) is 9.59. The predicted molar refractivity (Wildman–Crippen MR) is 143 cm³/mol. The number of nitrogens with one attached hydrogen (secondary N) is 3. The number of piperidine rings is 2. The molecule has 3 aliphatic heterocycles. The summed E-state index contributed by atoms with van der Waals surface area (Å²) in [6.45, 7) is 3.10. The van der Waals surface area contributed by atoms with Crippen LogP contribution in [0.2, 0.25) is 0 Å². The number of benzene rings is 1. The lowest BCUT2D eigenvalue weighted by molar-refractivity contribution is -0.136. The molecule has 1 aromatic rings. The van der Waals surface area contributed by atoms with Crippen LogP contribution >= 0.6 is 0 Å². The van der Waals surface area contributed by atoms with Gasteiger partial charge in [-0.1, -0.05) is 18.6 Å². The van der Waals surface area contributed by atoms with Crippen LogP contribution < -0.4 is 16.0 Å². The summed E-state index contributed by atoms with van der Waals surface area (Å²) in [6.07, 6.45) is 8.93. The summed E-state index contributed by atoms with van der Waals surface area (Å²) in [5.74, 6) is -2.05. The molecular formula is C28H35N5O6. The lowest BCUT2D eigenvalue weighted by Crippen LogP contribution is -2.54. The molecule has 3 N–H and O–H groups in total. The second-order valence-electron chi connectivity index (χ2n) is 10.1. The molecule has 5 amide bonds. The second-order valence-corrected chi connectivity index (χ2v) is 10.1. The van der Waals surface area contributed by atoms with Crippen LogP contribution in [0, 0.1) is 0 Å². The van der Waals surface area contributed by atoms with E-state index in [1.54, 1.807) is 18.2 Å². The molecule has 3 aliphatic rings. The lowest BCUT2D eigenvalue weighted by Gasteiger charge is -2.31. The summed E-state index contributed by atoms with van der Waals surface area (Å²) in [5, 5.41) is 8.55. The number of anilines is 1. The number of carbonyl (C=O) groups excluding carboxylic acids is 6. The van der Waals surface area contributed by atoms with E-state index < -0.39 is 29.7 Å². The Morgan fingerprint density at radius 2 is 1.82 bits per heavy atom. The first kappa shape index (κ1) is 28.2. The first-order valence-corrected chi connectivity index (χ1v) is 13.6. The fourth-order valence-corrected chi connectivity index (χ4v) is 5.30. The molecule has 3 heterocycles. The van der Waals surface area contributed by atoms with Crippen LogP contribution in [-0.2, 0) is 19.2 Å². The minimum atomic E-state index is -0.993. The van der Waals surface area contributed by atoms with Crippen molar-refractivity contribution in [2.24, 2.45) is 0 Å². The largest absolute Gasteiger partial charge is 0.384 e. The lowest BCUT2D eigenvalue weighted by atomic mass is 10.0. The Morgan fingerprint density at radius 1 is 1.03 bits per heavy atom. The highest BCUT2D eigenvalue weighted by Gasteiger charge is 2.45. The summed E-state index contributed by atoms with van der Waals surface area (Å²) < 4.78 is 0. The monoisotopic (exact) mass is 537 g/mol. The van der Waals surface area contributed by atoms with Gasteiger partial charge >= 0.3 is 0 Å². The topological polar surface area (TPSA) is 145 Å². The van der Waals surface area contributed by atoms with E-state index in [9.17, 15) is 28.8 Å². The normalized spacial score (nSPS) is 20.3. The number of carbonyl (C=O) groups is 6. The average Bonchev–Trinajstić information content (AvgIpc) is 3.17. The highest BCUT2D eigenvalue weighted by molar-refractivity contribution is 6.25. The number of rotatable bonds is 12. The van der Waals surface area contributed by atoms with E-state index in [-0.39, 0.29) is 35.9 Å². The van der Waals surface area contributed by atoms with E-state index in [1.807, 2.05) is 6.08 Å². The fourth-order valence-electron chi connectivity index (χ4n) is 5.30. The molecular weight excluding hydrogens is 502 g/mol. The van der Waals surface area contributed by atoms with Crippen molar-refractivity contribution in [1.82, 2.24) is 20.4 Å². The van der Waals surface area contributed by atoms with Crippen LogP contribution in [0.1, 0.15) is 72.1 Å². The molecule has 1 aromatic carbocycles.